The summed E-state index contributed by atoms with van der Waals surface area (Å²) in [5, 5.41) is 1.34. The number of hydrogen-bond donors (Lipinski definition) is 1. The van der Waals surface area contributed by atoms with Crippen LogP contribution in [-0.4, -0.2) is 4.98 Å². The molecule has 1 heterocycles. The second-order valence-corrected chi connectivity index (χ2v) is 5.77. The van der Waals surface area contributed by atoms with E-state index in [4.69, 9.17) is 4.74 Å². The lowest BCUT2D eigenvalue weighted by Gasteiger charge is -2.11. The number of ether oxygens (including phenoxy) is 1. The summed E-state index contributed by atoms with van der Waals surface area (Å²) >= 11 is 0. The van der Waals surface area contributed by atoms with E-state index in [9.17, 15) is 0 Å². The maximum atomic E-state index is 5.95. The first-order chi connectivity index (χ1) is 10.4. The van der Waals surface area contributed by atoms with Gasteiger partial charge in [0, 0.05) is 16.6 Å². The fourth-order valence-electron chi connectivity index (χ4n) is 3.22. The van der Waals surface area contributed by atoms with Crippen LogP contribution in [0.3, 0.4) is 0 Å². The Morgan fingerprint density at radius 1 is 0.952 bits per heavy atom. The van der Waals surface area contributed by atoms with Crippen LogP contribution in [0.5, 0.6) is 5.75 Å². The van der Waals surface area contributed by atoms with Gasteiger partial charge >= 0.3 is 0 Å². The highest BCUT2D eigenvalue weighted by atomic mass is 16.5. The summed E-state index contributed by atoms with van der Waals surface area (Å²) in [4.78, 5) is 3.56. The Bertz CT molecular complexity index is 758. The quantitative estimate of drug-likeness (QED) is 0.742. The molecule has 2 aromatic carbocycles. The zero-order chi connectivity index (χ0) is 14.1. The lowest BCUT2D eigenvalue weighted by molar-refractivity contribution is 0.306. The van der Waals surface area contributed by atoms with Crippen LogP contribution in [0.4, 0.5) is 0 Å². The van der Waals surface area contributed by atoms with Gasteiger partial charge in [-0.25, -0.2) is 0 Å². The van der Waals surface area contributed by atoms with Crippen LogP contribution < -0.4 is 4.74 Å². The highest BCUT2D eigenvalue weighted by Gasteiger charge is 2.15. The third kappa shape index (κ3) is 2.42. The molecule has 2 heteroatoms. The van der Waals surface area contributed by atoms with E-state index in [1.165, 1.54) is 53.4 Å². The molecule has 0 saturated carbocycles. The van der Waals surface area contributed by atoms with Gasteiger partial charge in [-0.05, 0) is 55.0 Å². The van der Waals surface area contributed by atoms with Crippen molar-refractivity contribution in [3.05, 3.63) is 65.4 Å². The van der Waals surface area contributed by atoms with Crippen molar-refractivity contribution in [2.75, 3.05) is 0 Å². The van der Waals surface area contributed by atoms with Crippen molar-refractivity contribution >= 4 is 10.9 Å². The smallest absolute Gasteiger partial charge is 0.120 e. The minimum absolute atomic E-state index is 0.624. The molecule has 4 rings (SSSR count). The topological polar surface area (TPSA) is 25.0 Å². The highest BCUT2D eigenvalue weighted by Crippen LogP contribution is 2.31. The molecule has 0 aliphatic heterocycles. The summed E-state index contributed by atoms with van der Waals surface area (Å²) in [5.74, 6) is 0.957. The van der Waals surface area contributed by atoms with Gasteiger partial charge in [0.05, 0.1) is 0 Å². The molecule has 1 aliphatic carbocycles. The van der Waals surface area contributed by atoms with Crippen LogP contribution in [0, 0.1) is 0 Å². The van der Waals surface area contributed by atoms with Crippen molar-refractivity contribution in [2.24, 2.45) is 0 Å². The Labute approximate surface area is 124 Å². The number of nitrogens with one attached hydrogen (secondary N) is 1. The number of aromatic amines is 1. The van der Waals surface area contributed by atoms with Crippen molar-refractivity contribution < 1.29 is 4.74 Å². The van der Waals surface area contributed by atoms with Gasteiger partial charge in [0.2, 0.25) is 0 Å². The highest BCUT2D eigenvalue weighted by molar-refractivity contribution is 5.86. The van der Waals surface area contributed by atoms with Crippen LogP contribution in [0.25, 0.3) is 10.9 Å². The second-order valence-electron chi connectivity index (χ2n) is 5.77. The van der Waals surface area contributed by atoms with Crippen LogP contribution in [0.1, 0.15) is 29.7 Å². The van der Waals surface area contributed by atoms with Gasteiger partial charge in [-0.3, -0.25) is 0 Å². The molecule has 0 amide bonds. The number of fused-ring (bicyclic) bond motifs is 3. The van der Waals surface area contributed by atoms with E-state index in [1.54, 1.807) is 0 Å². The standard InChI is InChI=1S/C19H19NO/c1-2-6-14(7-3-1)13-21-15-10-11-19-17(12-15)16-8-4-5-9-18(16)20-19/h1-3,6-7,10-12,20H,4-5,8-9,13H2. The molecule has 1 aliphatic rings. The molecule has 106 valence electrons. The number of hydrogen-bond acceptors (Lipinski definition) is 1. The maximum Gasteiger partial charge on any atom is 0.120 e. The number of aromatic nitrogens is 1. The van der Waals surface area contributed by atoms with E-state index >= 15 is 0 Å². The molecule has 2 nitrogen and oxygen atoms in total. The van der Waals surface area contributed by atoms with E-state index < -0.39 is 0 Å². The maximum absolute atomic E-state index is 5.95. The van der Waals surface area contributed by atoms with Crippen molar-refractivity contribution in [3.63, 3.8) is 0 Å². The number of rotatable bonds is 3. The van der Waals surface area contributed by atoms with Crippen LogP contribution in [0.2, 0.25) is 0 Å². The van der Waals surface area contributed by atoms with Gasteiger partial charge < -0.3 is 9.72 Å². The molecule has 0 bridgehead atoms. The average molecular weight is 277 g/mol. The number of benzene rings is 2. The van der Waals surface area contributed by atoms with Gasteiger partial charge in [0.25, 0.3) is 0 Å². The zero-order valence-electron chi connectivity index (χ0n) is 12.1. The van der Waals surface area contributed by atoms with E-state index in [0.29, 0.717) is 6.61 Å². The molecular formula is C19H19NO. The molecule has 21 heavy (non-hydrogen) atoms. The molecule has 0 unspecified atom stereocenters. The summed E-state index contributed by atoms with van der Waals surface area (Å²) in [5.41, 5.74) is 5.38. The second kappa shape index (κ2) is 5.28. The molecule has 1 aromatic heterocycles. The molecule has 0 spiro atoms. The van der Waals surface area contributed by atoms with E-state index in [0.717, 1.165) is 5.75 Å². The fraction of sp³-hybridized carbons (Fsp3) is 0.263. The van der Waals surface area contributed by atoms with Crippen LogP contribution in [0.15, 0.2) is 48.5 Å². The summed E-state index contributed by atoms with van der Waals surface area (Å²) < 4.78 is 5.95. The summed E-state index contributed by atoms with van der Waals surface area (Å²) in [6, 6.07) is 16.7. The number of aryl methyl sites for hydroxylation is 2. The van der Waals surface area contributed by atoms with E-state index in [2.05, 4.69) is 35.3 Å². The predicted molar refractivity (Wildman–Crippen MR) is 85.7 cm³/mol. The minimum Gasteiger partial charge on any atom is -0.489 e. The largest absolute Gasteiger partial charge is 0.489 e. The van der Waals surface area contributed by atoms with E-state index in [-0.39, 0.29) is 0 Å². The first-order valence-corrected chi connectivity index (χ1v) is 7.70. The van der Waals surface area contributed by atoms with Gasteiger partial charge in [-0.1, -0.05) is 30.3 Å². The monoisotopic (exact) mass is 277 g/mol. The molecule has 0 radical (unpaired) electrons. The average Bonchev–Trinajstić information content (AvgIpc) is 2.92. The van der Waals surface area contributed by atoms with Crippen molar-refractivity contribution in [1.29, 1.82) is 0 Å². The zero-order valence-corrected chi connectivity index (χ0v) is 12.1. The third-order valence-corrected chi connectivity index (χ3v) is 4.32. The summed E-state index contributed by atoms with van der Waals surface area (Å²) in [6.45, 7) is 0.624. The van der Waals surface area contributed by atoms with E-state index in [1.807, 2.05) is 18.2 Å². The van der Waals surface area contributed by atoms with Crippen molar-refractivity contribution in [3.8, 4) is 5.75 Å². The third-order valence-electron chi connectivity index (χ3n) is 4.32. The summed E-state index contributed by atoms with van der Waals surface area (Å²) in [7, 11) is 0. The van der Waals surface area contributed by atoms with Crippen molar-refractivity contribution in [2.45, 2.75) is 32.3 Å². The molecular weight excluding hydrogens is 258 g/mol. The molecule has 0 fully saturated rings. The summed E-state index contributed by atoms with van der Waals surface area (Å²) in [6.07, 6.45) is 4.98. The SMILES string of the molecule is c1ccc(COc2ccc3[nH]c4c(c3c2)CCCC4)cc1. The molecule has 0 atom stereocenters. The lowest BCUT2D eigenvalue weighted by atomic mass is 9.96. The van der Waals surface area contributed by atoms with Crippen molar-refractivity contribution in [1.82, 2.24) is 4.98 Å². The van der Waals surface area contributed by atoms with Crippen LogP contribution >= 0.6 is 0 Å². The Kier molecular flexibility index (Phi) is 3.15. The Morgan fingerprint density at radius 3 is 2.71 bits per heavy atom. The minimum atomic E-state index is 0.624. The number of H-pyrrole nitrogens is 1. The Hall–Kier alpha value is -2.22. The Balaban J connectivity index is 1.61. The predicted octanol–water partition coefficient (Wildman–Crippen LogP) is 4.63. The fourth-order valence-corrected chi connectivity index (χ4v) is 3.22. The Morgan fingerprint density at radius 2 is 1.81 bits per heavy atom. The van der Waals surface area contributed by atoms with Gasteiger partial charge in [-0.2, -0.15) is 0 Å². The van der Waals surface area contributed by atoms with Gasteiger partial charge in [-0.15, -0.1) is 0 Å². The normalized spacial score (nSPS) is 14.1. The van der Waals surface area contributed by atoms with Crippen LogP contribution in [-0.2, 0) is 19.4 Å². The van der Waals surface area contributed by atoms with Gasteiger partial charge in [0.1, 0.15) is 12.4 Å². The molecule has 1 N–H and O–H groups in total. The molecule has 3 aromatic rings. The lowest BCUT2D eigenvalue weighted by Crippen LogP contribution is -2.00. The molecule has 0 saturated heterocycles. The first kappa shape index (κ1) is 12.5. The van der Waals surface area contributed by atoms with Gasteiger partial charge in [0.15, 0.2) is 0 Å². The first-order valence-electron chi connectivity index (χ1n) is 7.70.